The SMILES string of the molecule is COC(=O)C1=C(C)N(c2ccc(F)cc2)C(=O)/C1=C\c1ccc(OCC(N)=O)cc1. The highest BCUT2D eigenvalue weighted by atomic mass is 19.1. The summed E-state index contributed by atoms with van der Waals surface area (Å²) in [6.07, 6.45) is 1.56. The number of nitrogens with zero attached hydrogens (tertiary/aromatic N) is 1. The molecule has 7 nitrogen and oxygen atoms in total. The fraction of sp³-hybridized carbons (Fsp3) is 0.136. The number of amides is 2. The van der Waals surface area contributed by atoms with Crippen LogP contribution in [0.1, 0.15) is 12.5 Å². The number of carbonyl (C=O) groups excluding carboxylic acids is 3. The standard InChI is InChI=1S/C22H19FN2O5/c1-13-20(22(28)29-2)18(21(27)25(13)16-7-5-15(23)6-8-16)11-14-3-9-17(10-4-14)30-12-19(24)26/h3-11H,12H2,1-2H3,(H2,24,26)/b18-11-. The summed E-state index contributed by atoms with van der Waals surface area (Å²) in [5.74, 6) is -1.69. The van der Waals surface area contributed by atoms with Crippen molar-refractivity contribution in [3.05, 3.63) is 76.8 Å². The largest absolute Gasteiger partial charge is 0.484 e. The molecule has 0 saturated heterocycles. The lowest BCUT2D eigenvalue weighted by Crippen LogP contribution is -2.24. The van der Waals surface area contributed by atoms with Crippen LogP contribution in [0.15, 0.2) is 65.4 Å². The van der Waals surface area contributed by atoms with E-state index in [0.717, 1.165) is 0 Å². The summed E-state index contributed by atoms with van der Waals surface area (Å²) in [5.41, 5.74) is 6.76. The number of primary amides is 1. The van der Waals surface area contributed by atoms with Gasteiger partial charge in [-0.1, -0.05) is 12.1 Å². The van der Waals surface area contributed by atoms with E-state index in [1.807, 2.05) is 0 Å². The van der Waals surface area contributed by atoms with E-state index in [1.54, 1.807) is 37.3 Å². The van der Waals surface area contributed by atoms with Crippen LogP contribution in [0.25, 0.3) is 6.08 Å². The van der Waals surface area contributed by atoms with Crippen LogP contribution in [0.3, 0.4) is 0 Å². The maximum absolute atomic E-state index is 13.3. The molecule has 154 valence electrons. The third kappa shape index (κ3) is 4.22. The zero-order valence-corrected chi connectivity index (χ0v) is 16.3. The molecule has 0 spiro atoms. The molecule has 1 aliphatic heterocycles. The highest BCUT2D eigenvalue weighted by Gasteiger charge is 2.37. The van der Waals surface area contributed by atoms with E-state index in [2.05, 4.69) is 0 Å². The molecule has 30 heavy (non-hydrogen) atoms. The molecule has 0 atom stereocenters. The lowest BCUT2D eigenvalue weighted by molar-refractivity contribution is -0.136. The number of carbonyl (C=O) groups is 3. The minimum Gasteiger partial charge on any atom is -0.484 e. The number of allylic oxidation sites excluding steroid dienone is 1. The van der Waals surface area contributed by atoms with Crippen molar-refractivity contribution in [3.8, 4) is 5.75 Å². The lowest BCUT2D eigenvalue weighted by atomic mass is 10.0. The Bertz CT molecular complexity index is 1060. The third-order valence-electron chi connectivity index (χ3n) is 4.45. The number of nitrogens with two attached hydrogens (primary N) is 1. The van der Waals surface area contributed by atoms with Gasteiger partial charge in [0.1, 0.15) is 11.6 Å². The maximum atomic E-state index is 13.3. The molecule has 0 aliphatic carbocycles. The first-order chi connectivity index (χ1) is 14.3. The number of hydrogen-bond donors (Lipinski definition) is 1. The fourth-order valence-electron chi connectivity index (χ4n) is 3.06. The van der Waals surface area contributed by atoms with Crippen LogP contribution >= 0.6 is 0 Å². The van der Waals surface area contributed by atoms with E-state index in [9.17, 15) is 18.8 Å². The van der Waals surface area contributed by atoms with Gasteiger partial charge < -0.3 is 15.2 Å². The molecule has 2 amide bonds. The molecule has 2 N–H and O–H groups in total. The molecule has 0 radical (unpaired) electrons. The molecule has 8 heteroatoms. The summed E-state index contributed by atoms with van der Waals surface area (Å²) in [7, 11) is 1.23. The highest BCUT2D eigenvalue weighted by molar-refractivity contribution is 6.23. The molecule has 0 aromatic heterocycles. The van der Waals surface area contributed by atoms with E-state index in [4.69, 9.17) is 15.2 Å². The van der Waals surface area contributed by atoms with Gasteiger partial charge in [0.2, 0.25) is 0 Å². The van der Waals surface area contributed by atoms with Crippen LogP contribution in [0.5, 0.6) is 5.75 Å². The van der Waals surface area contributed by atoms with Gasteiger partial charge in [-0.2, -0.15) is 0 Å². The Labute approximate surface area is 172 Å². The number of esters is 1. The monoisotopic (exact) mass is 410 g/mol. The molecule has 1 aliphatic rings. The van der Waals surface area contributed by atoms with Crippen molar-refractivity contribution in [2.24, 2.45) is 5.73 Å². The van der Waals surface area contributed by atoms with Gasteiger partial charge in [0.05, 0.1) is 18.3 Å². The summed E-state index contributed by atoms with van der Waals surface area (Å²) in [4.78, 5) is 37.6. The van der Waals surface area contributed by atoms with Crippen LogP contribution in [0.2, 0.25) is 0 Å². The predicted molar refractivity (Wildman–Crippen MR) is 108 cm³/mol. The van der Waals surface area contributed by atoms with Gasteiger partial charge in [0.15, 0.2) is 6.61 Å². The molecule has 2 aromatic rings. The van der Waals surface area contributed by atoms with E-state index in [-0.39, 0.29) is 17.8 Å². The number of anilines is 1. The van der Waals surface area contributed by atoms with Crippen molar-refractivity contribution in [2.75, 3.05) is 18.6 Å². The van der Waals surface area contributed by atoms with Crippen molar-refractivity contribution in [1.29, 1.82) is 0 Å². The molecule has 3 rings (SSSR count). The van der Waals surface area contributed by atoms with Crippen LogP contribution in [0.4, 0.5) is 10.1 Å². The number of benzene rings is 2. The summed E-state index contributed by atoms with van der Waals surface area (Å²) in [5, 5.41) is 0. The Morgan fingerprint density at radius 2 is 1.73 bits per heavy atom. The first-order valence-electron chi connectivity index (χ1n) is 8.94. The number of ether oxygens (including phenoxy) is 2. The summed E-state index contributed by atoms with van der Waals surface area (Å²) in [6, 6.07) is 11.9. The van der Waals surface area contributed by atoms with Gasteiger partial charge in [0.25, 0.3) is 11.8 Å². The highest BCUT2D eigenvalue weighted by Crippen LogP contribution is 2.35. The van der Waals surface area contributed by atoms with Crippen LogP contribution < -0.4 is 15.4 Å². The summed E-state index contributed by atoms with van der Waals surface area (Å²) in [6.45, 7) is 1.37. The maximum Gasteiger partial charge on any atom is 0.340 e. The van der Waals surface area contributed by atoms with Crippen molar-refractivity contribution in [3.63, 3.8) is 0 Å². The van der Waals surface area contributed by atoms with Crippen molar-refractivity contribution >= 4 is 29.5 Å². The minimum atomic E-state index is -0.655. The normalized spacial score (nSPS) is 15.0. The van der Waals surface area contributed by atoms with Crippen LogP contribution in [0, 0.1) is 5.82 Å². The number of hydrogen-bond acceptors (Lipinski definition) is 5. The average Bonchev–Trinajstić information content (AvgIpc) is 2.97. The van der Waals surface area contributed by atoms with Gasteiger partial charge in [0, 0.05) is 11.4 Å². The van der Waals surface area contributed by atoms with E-state index >= 15 is 0 Å². The molecule has 2 aromatic carbocycles. The molecular weight excluding hydrogens is 391 g/mol. The summed E-state index contributed by atoms with van der Waals surface area (Å²) >= 11 is 0. The lowest BCUT2D eigenvalue weighted by Gasteiger charge is -2.17. The molecule has 1 heterocycles. The smallest absolute Gasteiger partial charge is 0.340 e. The van der Waals surface area contributed by atoms with Crippen molar-refractivity contribution in [2.45, 2.75) is 6.92 Å². The zero-order chi connectivity index (χ0) is 21.8. The Kier molecular flexibility index (Phi) is 5.96. The second-order valence-electron chi connectivity index (χ2n) is 6.45. The Balaban J connectivity index is 1.98. The number of rotatable bonds is 6. The first-order valence-corrected chi connectivity index (χ1v) is 8.94. The van der Waals surface area contributed by atoms with E-state index < -0.39 is 23.6 Å². The second-order valence-corrected chi connectivity index (χ2v) is 6.45. The summed E-state index contributed by atoms with van der Waals surface area (Å²) < 4.78 is 23.4. The number of halogens is 1. The van der Waals surface area contributed by atoms with Gasteiger partial charge in [-0.05, 0) is 55.0 Å². The minimum absolute atomic E-state index is 0.126. The Hall–Kier alpha value is -3.94. The fourth-order valence-corrected chi connectivity index (χ4v) is 3.06. The Morgan fingerprint density at radius 3 is 2.30 bits per heavy atom. The van der Waals surface area contributed by atoms with Gasteiger partial charge in [-0.3, -0.25) is 14.5 Å². The average molecular weight is 410 g/mol. The van der Waals surface area contributed by atoms with E-state index in [1.165, 1.54) is 36.3 Å². The molecule has 0 saturated carbocycles. The van der Waals surface area contributed by atoms with Crippen molar-refractivity contribution < 1.29 is 28.2 Å². The molecule has 0 bridgehead atoms. The zero-order valence-electron chi connectivity index (χ0n) is 16.3. The van der Waals surface area contributed by atoms with Crippen molar-refractivity contribution in [1.82, 2.24) is 0 Å². The Morgan fingerprint density at radius 1 is 1.10 bits per heavy atom. The quantitative estimate of drug-likeness (QED) is 0.583. The van der Waals surface area contributed by atoms with E-state index in [0.29, 0.717) is 22.7 Å². The number of methoxy groups -OCH3 is 1. The molecule has 0 fully saturated rings. The van der Waals surface area contributed by atoms with Gasteiger partial charge >= 0.3 is 5.97 Å². The van der Waals surface area contributed by atoms with Gasteiger partial charge in [-0.25, -0.2) is 9.18 Å². The second kappa shape index (κ2) is 8.60. The first kappa shape index (κ1) is 20.8. The third-order valence-corrected chi connectivity index (χ3v) is 4.45. The van der Waals surface area contributed by atoms with Gasteiger partial charge in [-0.15, -0.1) is 0 Å². The topological polar surface area (TPSA) is 98.9 Å². The molecular formula is C22H19FN2O5. The predicted octanol–water partition coefficient (Wildman–Crippen LogP) is 2.57. The van der Waals surface area contributed by atoms with Crippen LogP contribution in [-0.4, -0.2) is 31.5 Å². The van der Waals surface area contributed by atoms with Crippen LogP contribution in [-0.2, 0) is 19.1 Å². The molecule has 0 unspecified atom stereocenters.